The Morgan fingerprint density at radius 3 is 2.47 bits per heavy atom. The van der Waals surface area contributed by atoms with Gasteiger partial charge in [-0.15, -0.1) is 12.3 Å². The fourth-order valence-electron chi connectivity index (χ4n) is 2.15. The zero-order valence-electron chi connectivity index (χ0n) is 9.95. The smallest absolute Gasteiger partial charge is 0.306 e. The van der Waals surface area contributed by atoms with E-state index in [0.29, 0.717) is 25.3 Å². The van der Waals surface area contributed by atoms with E-state index >= 15 is 0 Å². The molecular formula is C13H19NO3. The Bertz CT molecular complexity index is 311. The van der Waals surface area contributed by atoms with E-state index in [1.165, 1.54) is 0 Å². The third-order valence-corrected chi connectivity index (χ3v) is 3.28. The minimum Gasteiger partial charge on any atom is -0.481 e. The molecule has 1 rings (SSSR count). The minimum absolute atomic E-state index is 0.0108. The molecule has 0 aromatic carbocycles. The molecule has 0 unspecified atom stereocenters. The van der Waals surface area contributed by atoms with Crippen LogP contribution >= 0.6 is 0 Å². The summed E-state index contributed by atoms with van der Waals surface area (Å²) in [5.41, 5.74) is 0. The summed E-state index contributed by atoms with van der Waals surface area (Å²) in [6.45, 7) is 0.649. The molecule has 4 nitrogen and oxygen atoms in total. The van der Waals surface area contributed by atoms with E-state index in [9.17, 15) is 9.59 Å². The molecule has 94 valence electrons. The minimum atomic E-state index is -0.693. The van der Waals surface area contributed by atoms with E-state index in [0.717, 1.165) is 25.7 Å². The van der Waals surface area contributed by atoms with E-state index < -0.39 is 5.97 Å². The maximum atomic E-state index is 11.3. The average molecular weight is 237 g/mol. The quantitative estimate of drug-likeness (QED) is 0.710. The van der Waals surface area contributed by atoms with Gasteiger partial charge in [0, 0.05) is 19.4 Å². The maximum absolute atomic E-state index is 11.3. The Kier molecular flexibility index (Phi) is 5.55. The van der Waals surface area contributed by atoms with Gasteiger partial charge in [0.1, 0.15) is 0 Å². The lowest BCUT2D eigenvalue weighted by atomic mass is 9.82. The second-order valence-electron chi connectivity index (χ2n) is 4.56. The number of carbonyl (C=O) groups is 2. The van der Waals surface area contributed by atoms with Crippen molar-refractivity contribution in [3.8, 4) is 12.3 Å². The molecule has 0 heterocycles. The van der Waals surface area contributed by atoms with Gasteiger partial charge < -0.3 is 10.4 Å². The average Bonchev–Trinajstić information content (AvgIpc) is 2.34. The first-order chi connectivity index (χ1) is 8.13. The topological polar surface area (TPSA) is 66.4 Å². The summed E-state index contributed by atoms with van der Waals surface area (Å²) in [7, 11) is 0. The van der Waals surface area contributed by atoms with E-state index in [2.05, 4.69) is 11.2 Å². The predicted molar refractivity (Wildman–Crippen MR) is 64.2 cm³/mol. The first kappa shape index (κ1) is 13.6. The Morgan fingerprint density at radius 2 is 1.94 bits per heavy atom. The van der Waals surface area contributed by atoms with Crippen LogP contribution in [0.25, 0.3) is 0 Å². The van der Waals surface area contributed by atoms with Gasteiger partial charge >= 0.3 is 5.97 Å². The molecule has 1 saturated carbocycles. The van der Waals surface area contributed by atoms with Crippen LogP contribution < -0.4 is 5.32 Å². The van der Waals surface area contributed by atoms with Crippen molar-refractivity contribution in [2.24, 2.45) is 11.8 Å². The van der Waals surface area contributed by atoms with Crippen molar-refractivity contribution in [1.29, 1.82) is 0 Å². The summed E-state index contributed by atoms with van der Waals surface area (Å²) in [6.07, 6.45) is 9.13. The monoisotopic (exact) mass is 237 g/mol. The van der Waals surface area contributed by atoms with Crippen molar-refractivity contribution < 1.29 is 14.7 Å². The summed E-state index contributed by atoms with van der Waals surface area (Å²) in [5.74, 6) is 1.95. The molecule has 1 aliphatic carbocycles. The summed E-state index contributed by atoms with van der Waals surface area (Å²) in [4.78, 5) is 22.1. The molecule has 17 heavy (non-hydrogen) atoms. The standard InChI is InChI=1S/C13H19NO3/c1-2-3-4-12(15)14-9-10-5-7-11(8-6-10)13(16)17/h1,10-11H,3-9H2,(H,14,15)(H,16,17). The molecule has 0 atom stereocenters. The molecular weight excluding hydrogens is 218 g/mol. The van der Waals surface area contributed by atoms with E-state index in [4.69, 9.17) is 11.5 Å². The second kappa shape index (κ2) is 6.95. The van der Waals surface area contributed by atoms with Crippen LogP contribution in [-0.2, 0) is 9.59 Å². The lowest BCUT2D eigenvalue weighted by Crippen LogP contribution is -2.32. The molecule has 0 aromatic rings. The van der Waals surface area contributed by atoms with Crippen molar-refractivity contribution >= 4 is 11.9 Å². The van der Waals surface area contributed by atoms with Gasteiger partial charge in [-0.1, -0.05) is 0 Å². The molecule has 2 N–H and O–H groups in total. The third-order valence-electron chi connectivity index (χ3n) is 3.28. The normalized spacial score (nSPS) is 23.7. The molecule has 1 aliphatic rings. The van der Waals surface area contributed by atoms with Gasteiger partial charge in [-0.25, -0.2) is 0 Å². The number of amides is 1. The number of carboxylic acid groups (broad SMARTS) is 1. The lowest BCUT2D eigenvalue weighted by Gasteiger charge is -2.26. The SMILES string of the molecule is C#CCCC(=O)NCC1CCC(C(=O)O)CC1. The van der Waals surface area contributed by atoms with Crippen molar-refractivity contribution in [1.82, 2.24) is 5.32 Å². The van der Waals surface area contributed by atoms with E-state index in [1.807, 2.05) is 0 Å². The molecule has 0 saturated heterocycles. The lowest BCUT2D eigenvalue weighted by molar-refractivity contribution is -0.143. The van der Waals surface area contributed by atoms with Gasteiger partial charge in [0.2, 0.25) is 5.91 Å². The van der Waals surface area contributed by atoms with Gasteiger partial charge in [-0.2, -0.15) is 0 Å². The predicted octanol–water partition coefficient (Wildman–Crippen LogP) is 1.41. The van der Waals surface area contributed by atoms with Crippen molar-refractivity contribution in [3.05, 3.63) is 0 Å². The third kappa shape index (κ3) is 4.90. The molecule has 1 amide bonds. The van der Waals surface area contributed by atoms with Crippen LogP contribution in [0.1, 0.15) is 38.5 Å². The largest absolute Gasteiger partial charge is 0.481 e. The van der Waals surface area contributed by atoms with E-state index in [-0.39, 0.29) is 11.8 Å². The molecule has 4 heteroatoms. The zero-order chi connectivity index (χ0) is 12.7. The highest BCUT2D eigenvalue weighted by Gasteiger charge is 2.25. The van der Waals surface area contributed by atoms with Crippen LogP contribution in [0.2, 0.25) is 0 Å². The highest BCUT2D eigenvalue weighted by atomic mass is 16.4. The number of carboxylic acids is 1. The first-order valence-corrected chi connectivity index (χ1v) is 6.06. The summed E-state index contributed by atoms with van der Waals surface area (Å²) >= 11 is 0. The maximum Gasteiger partial charge on any atom is 0.306 e. The number of hydrogen-bond acceptors (Lipinski definition) is 2. The van der Waals surface area contributed by atoms with Crippen LogP contribution in [0.4, 0.5) is 0 Å². The summed E-state index contributed by atoms with van der Waals surface area (Å²) in [6, 6.07) is 0. The van der Waals surface area contributed by atoms with Crippen LogP contribution in [-0.4, -0.2) is 23.5 Å². The number of carbonyl (C=O) groups excluding carboxylic acids is 1. The summed E-state index contributed by atoms with van der Waals surface area (Å²) in [5, 5.41) is 11.7. The van der Waals surface area contributed by atoms with Gasteiger partial charge in [0.05, 0.1) is 5.92 Å². The highest BCUT2D eigenvalue weighted by Crippen LogP contribution is 2.28. The van der Waals surface area contributed by atoms with Crippen LogP contribution in [0.15, 0.2) is 0 Å². The van der Waals surface area contributed by atoms with Gasteiger partial charge in [-0.3, -0.25) is 9.59 Å². The van der Waals surface area contributed by atoms with Gasteiger partial charge in [-0.05, 0) is 31.6 Å². The van der Waals surface area contributed by atoms with Crippen LogP contribution in [0.5, 0.6) is 0 Å². The molecule has 0 aromatic heterocycles. The highest BCUT2D eigenvalue weighted by molar-refractivity contribution is 5.76. The number of rotatable bonds is 5. The number of aliphatic carboxylic acids is 1. The number of terminal acetylenes is 1. The van der Waals surface area contributed by atoms with Crippen molar-refractivity contribution in [3.63, 3.8) is 0 Å². The number of nitrogens with one attached hydrogen (secondary N) is 1. The van der Waals surface area contributed by atoms with Crippen LogP contribution in [0, 0.1) is 24.2 Å². The van der Waals surface area contributed by atoms with Crippen LogP contribution in [0.3, 0.4) is 0 Å². The van der Waals surface area contributed by atoms with Crippen molar-refractivity contribution in [2.45, 2.75) is 38.5 Å². The Hall–Kier alpha value is -1.50. The summed E-state index contributed by atoms with van der Waals surface area (Å²) < 4.78 is 0. The molecule has 0 spiro atoms. The van der Waals surface area contributed by atoms with E-state index in [1.54, 1.807) is 0 Å². The van der Waals surface area contributed by atoms with Crippen molar-refractivity contribution in [2.75, 3.05) is 6.54 Å². The fraction of sp³-hybridized carbons (Fsp3) is 0.692. The van der Waals surface area contributed by atoms with Gasteiger partial charge in [0.25, 0.3) is 0 Å². The number of hydrogen-bond donors (Lipinski definition) is 2. The molecule has 0 bridgehead atoms. The Morgan fingerprint density at radius 1 is 1.29 bits per heavy atom. The molecule has 0 radical (unpaired) electrons. The Labute approximate surface area is 102 Å². The molecule has 0 aliphatic heterocycles. The first-order valence-electron chi connectivity index (χ1n) is 6.06. The second-order valence-corrected chi connectivity index (χ2v) is 4.56. The fourth-order valence-corrected chi connectivity index (χ4v) is 2.15. The molecule has 1 fully saturated rings. The Balaban J connectivity index is 2.16. The zero-order valence-corrected chi connectivity index (χ0v) is 9.95. The van der Waals surface area contributed by atoms with Gasteiger partial charge in [0.15, 0.2) is 0 Å².